The summed E-state index contributed by atoms with van der Waals surface area (Å²) in [6.45, 7) is 2.54. The van der Waals surface area contributed by atoms with Gasteiger partial charge in [-0.1, -0.05) is 24.6 Å². The van der Waals surface area contributed by atoms with Crippen molar-refractivity contribution in [2.45, 2.75) is 44.2 Å². The van der Waals surface area contributed by atoms with E-state index in [1.807, 2.05) is 13.1 Å². The molecule has 2 fully saturated rings. The first kappa shape index (κ1) is 17.1. The van der Waals surface area contributed by atoms with Crippen molar-refractivity contribution in [3.8, 4) is 0 Å². The molecule has 5 heteroatoms. The van der Waals surface area contributed by atoms with Crippen LogP contribution in [0.2, 0.25) is 0 Å². The van der Waals surface area contributed by atoms with Crippen LogP contribution in [0.15, 0.2) is 30.3 Å². The summed E-state index contributed by atoms with van der Waals surface area (Å²) in [5, 5.41) is 13.1. The quantitative estimate of drug-likeness (QED) is 0.891. The molecule has 1 saturated heterocycles. The minimum atomic E-state index is -0.247. The van der Waals surface area contributed by atoms with Crippen LogP contribution < -0.4 is 10.2 Å². The lowest BCUT2D eigenvalue weighted by atomic mass is 10.0. The van der Waals surface area contributed by atoms with Crippen LogP contribution in [0.5, 0.6) is 0 Å². The Kier molecular flexibility index (Phi) is 5.61. The number of benzene rings is 1. The van der Waals surface area contributed by atoms with Crippen molar-refractivity contribution in [2.24, 2.45) is 5.92 Å². The number of carbonyl (C=O) groups excluding carboxylic acids is 1. The number of urea groups is 1. The largest absolute Gasteiger partial charge is 0.393 e. The van der Waals surface area contributed by atoms with E-state index in [9.17, 15) is 9.90 Å². The minimum absolute atomic E-state index is 0.0194. The van der Waals surface area contributed by atoms with Gasteiger partial charge in [-0.15, -0.1) is 0 Å². The van der Waals surface area contributed by atoms with E-state index in [-0.39, 0.29) is 24.1 Å². The third-order valence-corrected chi connectivity index (χ3v) is 5.34. The Morgan fingerprint density at radius 3 is 2.75 bits per heavy atom. The number of carbonyl (C=O) groups is 1. The van der Waals surface area contributed by atoms with Crippen molar-refractivity contribution >= 4 is 11.7 Å². The number of piperidine rings is 1. The van der Waals surface area contributed by atoms with E-state index < -0.39 is 0 Å². The van der Waals surface area contributed by atoms with Gasteiger partial charge in [0.1, 0.15) is 0 Å². The van der Waals surface area contributed by atoms with Crippen molar-refractivity contribution in [1.82, 2.24) is 10.2 Å². The van der Waals surface area contributed by atoms with Crippen molar-refractivity contribution < 1.29 is 9.90 Å². The summed E-state index contributed by atoms with van der Waals surface area (Å²) in [4.78, 5) is 16.5. The van der Waals surface area contributed by atoms with Gasteiger partial charge in [0.2, 0.25) is 0 Å². The molecule has 0 aromatic heterocycles. The second kappa shape index (κ2) is 7.88. The standard InChI is InChI=1S/C19H29N3O2/c1-21(13-15-7-5-11-18(15)23)19(24)20-16-8-6-12-22(14-16)17-9-3-2-4-10-17/h2-4,9-10,15-16,18,23H,5-8,11-14H2,1H3,(H,20,24). The Morgan fingerprint density at radius 1 is 1.25 bits per heavy atom. The summed E-state index contributed by atoms with van der Waals surface area (Å²) < 4.78 is 0. The van der Waals surface area contributed by atoms with Gasteiger partial charge in [-0.2, -0.15) is 0 Å². The monoisotopic (exact) mass is 331 g/mol. The molecule has 2 aliphatic rings. The van der Waals surface area contributed by atoms with E-state index in [4.69, 9.17) is 0 Å². The molecular formula is C19H29N3O2. The van der Waals surface area contributed by atoms with Gasteiger partial charge in [-0.3, -0.25) is 0 Å². The number of hydrogen-bond acceptors (Lipinski definition) is 3. The zero-order valence-electron chi connectivity index (χ0n) is 14.5. The van der Waals surface area contributed by atoms with Gasteiger partial charge in [-0.25, -0.2) is 4.79 Å². The average Bonchev–Trinajstić information content (AvgIpc) is 3.00. The SMILES string of the molecule is CN(CC1CCCC1O)C(=O)NC1CCCN(c2ccccc2)C1. The molecular weight excluding hydrogens is 302 g/mol. The predicted octanol–water partition coefficient (Wildman–Crippen LogP) is 2.46. The molecule has 0 bridgehead atoms. The highest BCUT2D eigenvalue weighted by Crippen LogP contribution is 2.26. The van der Waals surface area contributed by atoms with Gasteiger partial charge in [-0.05, 0) is 37.8 Å². The van der Waals surface area contributed by atoms with E-state index in [0.29, 0.717) is 6.54 Å². The topological polar surface area (TPSA) is 55.8 Å². The summed E-state index contributed by atoms with van der Waals surface area (Å²) in [7, 11) is 1.83. The zero-order valence-corrected chi connectivity index (χ0v) is 14.5. The molecule has 1 heterocycles. The maximum absolute atomic E-state index is 12.5. The van der Waals surface area contributed by atoms with Crippen LogP contribution in [-0.4, -0.2) is 54.9 Å². The van der Waals surface area contributed by atoms with Crippen LogP contribution in [0.25, 0.3) is 0 Å². The average molecular weight is 331 g/mol. The molecule has 1 aliphatic carbocycles. The Labute approximate surface area is 144 Å². The van der Waals surface area contributed by atoms with E-state index in [0.717, 1.165) is 45.2 Å². The molecule has 2 N–H and O–H groups in total. The Balaban J connectivity index is 1.50. The van der Waals surface area contributed by atoms with Gasteiger partial charge in [0.05, 0.1) is 6.10 Å². The van der Waals surface area contributed by atoms with Crippen LogP contribution >= 0.6 is 0 Å². The van der Waals surface area contributed by atoms with Crippen molar-refractivity contribution in [3.63, 3.8) is 0 Å². The number of aliphatic hydroxyl groups is 1. The first-order valence-electron chi connectivity index (χ1n) is 9.13. The number of anilines is 1. The third-order valence-electron chi connectivity index (χ3n) is 5.34. The highest BCUT2D eigenvalue weighted by Gasteiger charge is 2.28. The molecule has 3 unspecified atom stereocenters. The van der Waals surface area contributed by atoms with Crippen LogP contribution in [0.3, 0.4) is 0 Å². The number of rotatable bonds is 4. The molecule has 0 spiro atoms. The second-order valence-electron chi connectivity index (χ2n) is 7.21. The molecule has 24 heavy (non-hydrogen) atoms. The highest BCUT2D eigenvalue weighted by molar-refractivity contribution is 5.74. The first-order valence-corrected chi connectivity index (χ1v) is 9.13. The molecule has 1 saturated carbocycles. The molecule has 1 aromatic carbocycles. The Morgan fingerprint density at radius 2 is 2.04 bits per heavy atom. The number of aliphatic hydroxyl groups excluding tert-OH is 1. The number of nitrogens with zero attached hydrogens (tertiary/aromatic N) is 2. The second-order valence-corrected chi connectivity index (χ2v) is 7.21. The fourth-order valence-corrected chi connectivity index (χ4v) is 3.92. The molecule has 3 atom stereocenters. The fraction of sp³-hybridized carbons (Fsp3) is 0.632. The third kappa shape index (κ3) is 4.20. The van der Waals surface area contributed by atoms with Crippen molar-refractivity contribution in [3.05, 3.63) is 30.3 Å². The van der Waals surface area contributed by atoms with E-state index in [1.165, 1.54) is 5.69 Å². The number of nitrogens with one attached hydrogen (secondary N) is 1. The highest BCUT2D eigenvalue weighted by atomic mass is 16.3. The van der Waals surface area contributed by atoms with Crippen molar-refractivity contribution in [1.29, 1.82) is 0 Å². The van der Waals surface area contributed by atoms with Gasteiger partial charge < -0.3 is 20.2 Å². The lowest BCUT2D eigenvalue weighted by molar-refractivity contribution is 0.113. The number of hydrogen-bond donors (Lipinski definition) is 2. The summed E-state index contributed by atoms with van der Waals surface area (Å²) in [5.74, 6) is 0.230. The Bertz CT molecular complexity index is 537. The van der Waals surface area contributed by atoms with Gasteiger partial charge in [0.25, 0.3) is 0 Å². The van der Waals surface area contributed by atoms with E-state index in [2.05, 4.69) is 34.5 Å². The summed E-state index contributed by atoms with van der Waals surface area (Å²) in [5.41, 5.74) is 1.22. The van der Waals surface area contributed by atoms with Crippen LogP contribution in [-0.2, 0) is 0 Å². The Hall–Kier alpha value is -1.75. The fourth-order valence-electron chi connectivity index (χ4n) is 3.92. The van der Waals surface area contributed by atoms with E-state index >= 15 is 0 Å². The molecule has 5 nitrogen and oxygen atoms in total. The smallest absolute Gasteiger partial charge is 0.317 e. The lowest BCUT2D eigenvalue weighted by Crippen LogP contribution is -2.51. The first-order chi connectivity index (χ1) is 11.6. The minimum Gasteiger partial charge on any atom is -0.393 e. The van der Waals surface area contributed by atoms with Gasteiger partial charge in [0.15, 0.2) is 0 Å². The normalized spacial score (nSPS) is 27.1. The molecule has 1 aromatic rings. The van der Waals surface area contributed by atoms with Crippen molar-refractivity contribution in [2.75, 3.05) is 31.6 Å². The molecule has 132 valence electrons. The lowest BCUT2D eigenvalue weighted by Gasteiger charge is -2.35. The number of amides is 2. The predicted molar refractivity (Wildman–Crippen MR) is 96.2 cm³/mol. The van der Waals surface area contributed by atoms with Gasteiger partial charge in [0, 0.05) is 44.3 Å². The molecule has 0 radical (unpaired) electrons. The summed E-state index contributed by atoms with van der Waals surface area (Å²) in [6.07, 6.45) is 4.82. The summed E-state index contributed by atoms with van der Waals surface area (Å²) >= 11 is 0. The van der Waals surface area contributed by atoms with E-state index in [1.54, 1.807) is 4.90 Å². The van der Waals surface area contributed by atoms with Crippen LogP contribution in [0.1, 0.15) is 32.1 Å². The number of para-hydroxylation sites is 1. The maximum Gasteiger partial charge on any atom is 0.317 e. The summed E-state index contributed by atoms with van der Waals surface area (Å²) in [6, 6.07) is 10.5. The maximum atomic E-state index is 12.5. The molecule has 3 rings (SSSR count). The molecule has 2 amide bonds. The molecule has 1 aliphatic heterocycles. The van der Waals surface area contributed by atoms with Crippen LogP contribution in [0, 0.1) is 5.92 Å². The van der Waals surface area contributed by atoms with Crippen LogP contribution in [0.4, 0.5) is 10.5 Å². The van der Waals surface area contributed by atoms with Gasteiger partial charge >= 0.3 is 6.03 Å². The zero-order chi connectivity index (χ0) is 16.9.